The van der Waals surface area contributed by atoms with E-state index in [9.17, 15) is 4.79 Å². The standard InChI is InChI=1S/C14H14N2O/c15-10-4-1-5-11-16-13-7-3-2-6-12(13)8-9-14(16)17/h2-3,6-9H,1,4-5,11H2. The summed E-state index contributed by atoms with van der Waals surface area (Å²) in [7, 11) is 0. The number of rotatable bonds is 4. The Morgan fingerprint density at radius 2 is 1.94 bits per heavy atom. The molecule has 0 aliphatic heterocycles. The number of pyridine rings is 1. The molecule has 0 aliphatic carbocycles. The van der Waals surface area contributed by atoms with Crippen molar-refractivity contribution in [3.8, 4) is 6.07 Å². The van der Waals surface area contributed by atoms with Crippen LogP contribution in [-0.4, -0.2) is 4.57 Å². The number of aryl methyl sites for hydroxylation is 1. The fraction of sp³-hybridized carbons (Fsp3) is 0.286. The molecule has 2 rings (SSSR count). The van der Waals surface area contributed by atoms with Gasteiger partial charge in [0.05, 0.1) is 11.6 Å². The second kappa shape index (κ2) is 5.31. The average Bonchev–Trinajstić information content (AvgIpc) is 2.37. The van der Waals surface area contributed by atoms with Gasteiger partial charge in [-0.2, -0.15) is 5.26 Å². The Hall–Kier alpha value is -2.08. The lowest BCUT2D eigenvalue weighted by atomic mass is 10.2. The minimum Gasteiger partial charge on any atom is -0.308 e. The van der Waals surface area contributed by atoms with Gasteiger partial charge >= 0.3 is 0 Å². The van der Waals surface area contributed by atoms with Gasteiger partial charge in [-0.15, -0.1) is 0 Å². The summed E-state index contributed by atoms with van der Waals surface area (Å²) in [5.74, 6) is 0. The summed E-state index contributed by atoms with van der Waals surface area (Å²) in [4.78, 5) is 11.8. The highest BCUT2D eigenvalue weighted by Gasteiger charge is 2.01. The molecule has 0 bridgehead atoms. The molecule has 2 aromatic rings. The fourth-order valence-corrected chi connectivity index (χ4v) is 1.95. The lowest BCUT2D eigenvalue weighted by molar-refractivity contribution is 0.616. The molecule has 0 atom stereocenters. The normalized spacial score (nSPS) is 10.3. The van der Waals surface area contributed by atoms with Gasteiger partial charge in [0.15, 0.2) is 0 Å². The number of benzene rings is 1. The second-order valence-electron chi connectivity index (χ2n) is 4.00. The van der Waals surface area contributed by atoms with Crippen molar-refractivity contribution in [2.75, 3.05) is 0 Å². The van der Waals surface area contributed by atoms with Crippen molar-refractivity contribution in [2.24, 2.45) is 0 Å². The van der Waals surface area contributed by atoms with E-state index in [1.807, 2.05) is 30.3 Å². The van der Waals surface area contributed by atoms with E-state index in [1.54, 1.807) is 10.6 Å². The van der Waals surface area contributed by atoms with Crippen LogP contribution in [-0.2, 0) is 6.54 Å². The van der Waals surface area contributed by atoms with E-state index in [4.69, 9.17) is 5.26 Å². The summed E-state index contributed by atoms with van der Waals surface area (Å²) in [5, 5.41) is 9.55. The largest absolute Gasteiger partial charge is 0.308 e. The molecule has 1 aromatic heterocycles. The minimum absolute atomic E-state index is 0.0284. The van der Waals surface area contributed by atoms with Gasteiger partial charge < -0.3 is 4.57 Å². The van der Waals surface area contributed by atoms with E-state index in [2.05, 4.69) is 6.07 Å². The first-order valence-electron chi connectivity index (χ1n) is 5.78. The van der Waals surface area contributed by atoms with Crippen molar-refractivity contribution < 1.29 is 0 Å². The van der Waals surface area contributed by atoms with Crippen molar-refractivity contribution in [3.05, 3.63) is 46.8 Å². The SMILES string of the molecule is N#CCCCCn1c(=O)ccc2ccccc21. The van der Waals surface area contributed by atoms with E-state index in [1.165, 1.54) is 0 Å². The lowest BCUT2D eigenvalue weighted by Gasteiger charge is -2.08. The van der Waals surface area contributed by atoms with Crippen LogP contribution in [0.1, 0.15) is 19.3 Å². The summed E-state index contributed by atoms with van der Waals surface area (Å²) in [6.07, 6.45) is 2.26. The van der Waals surface area contributed by atoms with E-state index < -0.39 is 0 Å². The number of nitrogens with zero attached hydrogens (tertiary/aromatic N) is 2. The van der Waals surface area contributed by atoms with Crippen LogP contribution in [0.25, 0.3) is 10.9 Å². The highest BCUT2D eigenvalue weighted by atomic mass is 16.1. The third-order valence-electron chi connectivity index (χ3n) is 2.82. The first kappa shape index (κ1) is 11.4. The van der Waals surface area contributed by atoms with Crippen molar-refractivity contribution >= 4 is 10.9 Å². The molecule has 0 N–H and O–H groups in total. The van der Waals surface area contributed by atoms with Gasteiger partial charge in [-0.05, 0) is 30.4 Å². The van der Waals surface area contributed by atoms with E-state index in [0.717, 1.165) is 23.7 Å². The second-order valence-corrected chi connectivity index (χ2v) is 4.00. The molecule has 86 valence electrons. The summed E-state index contributed by atoms with van der Waals surface area (Å²) >= 11 is 0. The zero-order chi connectivity index (χ0) is 12.1. The molecule has 0 saturated heterocycles. The third kappa shape index (κ3) is 2.54. The van der Waals surface area contributed by atoms with Crippen LogP contribution in [0.15, 0.2) is 41.2 Å². The molecule has 3 heteroatoms. The molecule has 0 aliphatic rings. The summed E-state index contributed by atoms with van der Waals surface area (Å²) in [6, 6.07) is 13.4. The zero-order valence-electron chi connectivity index (χ0n) is 9.60. The number of unbranched alkanes of at least 4 members (excludes halogenated alkanes) is 2. The molecule has 3 nitrogen and oxygen atoms in total. The Bertz CT molecular complexity index is 607. The Kier molecular flexibility index (Phi) is 3.56. The number of aromatic nitrogens is 1. The lowest BCUT2D eigenvalue weighted by Crippen LogP contribution is -2.19. The van der Waals surface area contributed by atoms with E-state index in [0.29, 0.717) is 13.0 Å². The van der Waals surface area contributed by atoms with Crippen molar-refractivity contribution in [1.29, 1.82) is 5.26 Å². The van der Waals surface area contributed by atoms with Crippen LogP contribution in [0, 0.1) is 11.3 Å². The van der Waals surface area contributed by atoms with Crippen molar-refractivity contribution in [2.45, 2.75) is 25.8 Å². The van der Waals surface area contributed by atoms with Crippen molar-refractivity contribution in [1.82, 2.24) is 4.57 Å². The van der Waals surface area contributed by atoms with Gasteiger partial charge in [0.1, 0.15) is 0 Å². The number of para-hydroxylation sites is 1. The zero-order valence-corrected chi connectivity index (χ0v) is 9.60. The van der Waals surface area contributed by atoms with Crippen LogP contribution in [0.2, 0.25) is 0 Å². The average molecular weight is 226 g/mol. The number of hydrogen-bond acceptors (Lipinski definition) is 2. The summed E-state index contributed by atoms with van der Waals surface area (Å²) in [6.45, 7) is 0.682. The molecule has 0 amide bonds. The van der Waals surface area contributed by atoms with Gasteiger partial charge in [0.2, 0.25) is 0 Å². The number of fused-ring (bicyclic) bond motifs is 1. The molecule has 1 heterocycles. The Morgan fingerprint density at radius 3 is 2.76 bits per heavy atom. The molecule has 0 saturated carbocycles. The molecule has 0 fully saturated rings. The number of nitriles is 1. The van der Waals surface area contributed by atoms with Gasteiger partial charge in [0, 0.05) is 19.0 Å². The fourth-order valence-electron chi connectivity index (χ4n) is 1.95. The van der Waals surface area contributed by atoms with Crippen LogP contribution < -0.4 is 5.56 Å². The predicted molar refractivity (Wildman–Crippen MR) is 67.7 cm³/mol. The molecule has 17 heavy (non-hydrogen) atoms. The van der Waals surface area contributed by atoms with E-state index >= 15 is 0 Å². The van der Waals surface area contributed by atoms with Crippen LogP contribution in [0.4, 0.5) is 0 Å². The van der Waals surface area contributed by atoms with E-state index in [-0.39, 0.29) is 5.56 Å². The highest BCUT2D eigenvalue weighted by Crippen LogP contribution is 2.11. The molecular formula is C14H14N2O. The first-order valence-corrected chi connectivity index (χ1v) is 5.78. The first-order chi connectivity index (χ1) is 8.33. The van der Waals surface area contributed by atoms with Gasteiger partial charge in [-0.25, -0.2) is 0 Å². The van der Waals surface area contributed by atoms with Crippen LogP contribution in [0.5, 0.6) is 0 Å². The quantitative estimate of drug-likeness (QED) is 0.752. The van der Waals surface area contributed by atoms with Crippen molar-refractivity contribution in [3.63, 3.8) is 0 Å². The minimum atomic E-state index is 0.0284. The van der Waals surface area contributed by atoms with Gasteiger partial charge in [-0.3, -0.25) is 4.79 Å². The molecule has 0 spiro atoms. The maximum atomic E-state index is 11.8. The van der Waals surface area contributed by atoms with Gasteiger partial charge in [0.25, 0.3) is 5.56 Å². The molecule has 0 unspecified atom stereocenters. The monoisotopic (exact) mass is 226 g/mol. The summed E-state index contributed by atoms with van der Waals surface area (Å²) < 4.78 is 1.78. The smallest absolute Gasteiger partial charge is 0.251 e. The Morgan fingerprint density at radius 1 is 1.12 bits per heavy atom. The molecule has 1 aromatic carbocycles. The third-order valence-corrected chi connectivity index (χ3v) is 2.82. The van der Waals surface area contributed by atoms with Crippen LogP contribution in [0.3, 0.4) is 0 Å². The summed E-state index contributed by atoms with van der Waals surface area (Å²) in [5.41, 5.74) is 0.998. The van der Waals surface area contributed by atoms with Gasteiger partial charge in [-0.1, -0.05) is 18.2 Å². The molecule has 0 radical (unpaired) electrons. The Balaban J connectivity index is 2.29. The Labute approximate surface area is 99.9 Å². The topological polar surface area (TPSA) is 45.8 Å². The maximum Gasteiger partial charge on any atom is 0.251 e. The molecular weight excluding hydrogens is 212 g/mol. The number of hydrogen-bond donors (Lipinski definition) is 0. The maximum absolute atomic E-state index is 11.8. The van der Waals surface area contributed by atoms with Crippen LogP contribution >= 0.6 is 0 Å². The highest BCUT2D eigenvalue weighted by molar-refractivity contribution is 5.78. The predicted octanol–water partition coefficient (Wildman–Crippen LogP) is 2.70.